The minimum atomic E-state index is -1.15. The average molecular weight is 461 g/mol. The number of carboxylic acid groups (broad SMARTS) is 1. The lowest BCUT2D eigenvalue weighted by molar-refractivity contribution is -0.142. The fourth-order valence-corrected chi connectivity index (χ4v) is 3.40. The van der Waals surface area contributed by atoms with E-state index in [9.17, 15) is 19.5 Å². The summed E-state index contributed by atoms with van der Waals surface area (Å²) in [5.74, 6) is -1.75. The molecule has 0 heterocycles. The first-order valence-electron chi connectivity index (χ1n) is 11.0. The Balaban J connectivity index is 1.68. The number of rotatable bonds is 10. The Kier molecular flexibility index (Phi) is 8.80. The summed E-state index contributed by atoms with van der Waals surface area (Å²) >= 11 is 0. The number of benzene rings is 3. The highest BCUT2D eigenvalue weighted by Gasteiger charge is 2.27. The smallest absolute Gasteiger partial charge is 0.408 e. The number of aliphatic carboxylic acids is 1. The number of nitrogens with one attached hydrogen (secondary N) is 2. The van der Waals surface area contributed by atoms with Crippen molar-refractivity contribution in [2.45, 2.75) is 38.5 Å². The molecule has 0 fully saturated rings. The Labute approximate surface area is 198 Å². The molecule has 0 aromatic heterocycles. The number of carbonyl (C=O) groups is 3. The molecule has 0 aliphatic carbocycles. The zero-order valence-electron chi connectivity index (χ0n) is 18.9. The van der Waals surface area contributed by atoms with Crippen molar-refractivity contribution in [1.82, 2.24) is 10.6 Å². The zero-order chi connectivity index (χ0) is 24.3. The zero-order valence-corrected chi connectivity index (χ0v) is 18.9. The van der Waals surface area contributed by atoms with Crippen molar-refractivity contribution in [2.75, 3.05) is 0 Å². The fourth-order valence-electron chi connectivity index (χ4n) is 3.40. The normalized spacial score (nSPS) is 12.3. The van der Waals surface area contributed by atoms with Crippen molar-refractivity contribution >= 4 is 18.0 Å². The van der Waals surface area contributed by atoms with Gasteiger partial charge in [0, 0.05) is 12.8 Å². The number of carbonyl (C=O) groups excluding carboxylic acids is 2. The molecule has 0 saturated heterocycles. The van der Waals surface area contributed by atoms with Gasteiger partial charge in [0.1, 0.15) is 18.7 Å². The van der Waals surface area contributed by atoms with Crippen molar-refractivity contribution in [2.24, 2.45) is 0 Å². The van der Waals surface area contributed by atoms with E-state index in [1.165, 1.54) is 0 Å². The van der Waals surface area contributed by atoms with Gasteiger partial charge in [-0.05, 0) is 23.6 Å². The number of hydrogen-bond donors (Lipinski definition) is 3. The Morgan fingerprint density at radius 2 is 1.26 bits per heavy atom. The summed E-state index contributed by atoms with van der Waals surface area (Å²) in [7, 11) is 0. The van der Waals surface area contributed by atoms with Crippen molar-refractivity contribution in [1.29, 1.82) is 0 Å². The standard InChI is InChI=1S/C27H28N2O5/c1-19-12-14-21(15-13-19)17-24(26(31)32)28-25(30)23(16-20-8-4-2-5-9-20)29-27(33)34-18-22-10-6-3-7-11-22/h2-15,23-24H,16-18H2,1H3,(H,28,30)(H,29,33)(H,31,32)/t23-,24+/m0/s1. The summed E-state index contributed by atoms with van der Waals surface area (Å²) in [6.45, 7) is 1.99. The highest BCUT2D eigenvalue weighted by molar-refractivity contribution is 5.89. The lowest BCUT2D eigenvalue weighted by atomic mass is 10.0. The summed E-state index contributed by atoms with van der Waals surface area (Å²) in [6, 6.07) is 23.6. The predicted molar refractivity (Wildman–Crippen MR) is 128 cm³/mol. The minimum absolute atomic E-state index is 0.0531. The molecular weight excluding hydrogens is 432 g/mol. The second kappa shape index (κ2) is 12.2. The van der Waals surface area contributed by atoms with E-state index in [4.69, 9.17) is 4.74 Å². The Hall–Kier alpha value is -4.13. The molecule has 0 unspecified atom stereocenters. The van der Waals surface area contributed by atoms with Crippen molar-refractivity contribution in [3.63, 3.8) is 0 Å². The van der Waals surface area contributed by atoms with Gasteiger partial charge in [0.05, 0.1) is 0 Å². The van der Waals surface area contributed by atoms with Crippen molar-refractivity contribution < 1.29 is 24.2 Å². The van der Waals surface area contributed by atoms with Gasteiger partial charge in [-0.1, -0.05) is 90.5 Å². The van der Waals surface area contributed by atoms with Crippen LogP contribution in [0.15, 0.2) is 84.9 Å². The Bertz CT molecular complexity index is 1090. The first-order chi connectivity index (χ1) is 16.4. The van der Waals surface area contributed by atoms with Gasteiger partial charge in [0.2, 0.25) is 5.91 Å². The van der Waals surface area contributed by atoms with Gasteiger partial charge in [0.25, 0.3) is 0 Å². The molecule has 3 rings (SSSR count). The molecule has 0 radical (unpaired) electrons. The minimum Gasteiger partial charge on any atom is -0.480 e. The highest BCUT2D eigenvalue weighted by atomic mass is 16.5. The van der Waals surface area contributed by atoms with E-state index in [0.29, 0.717) is 0 Å². The summed E-state index contributed by atoms with van der Waals surface area (Å²) in [5, 5.41) is 14.8. The van der Waals surface area contributed by atoms with Crippen LogP contribution in [0.1, 0.15) is 22.3 Å². The molecule has 0 aliphatic rings. The number of amides is 2. The monoisotopic (exact) mass is 460 g/mol. The molecule has 2 atom stereocenters. The van der Waals surface area contributed by atoms with Crippen molar-refractivity contribution in [3.05, 3.63) is 107 Å². The summed E-state index contributed by atoms with van der Waals surface area (Å²) < 4.78 is 5.26. The average Bonchev–Trinajstić information content (AvgIpc) is 2.84. The molecule has 7 heteroatoms. The van der Waals surface area contributed by atoms with E-state index < -0.39 is 30.1 Å². The van der Waals surface area contributed by atoms with Crippen LogP contribution in [0.2, 0.25) is 0 Å². The molecule has 3 aromatic rings. The maximum Gasteiger partial charge on any atom is 0.408 e. The van der Waals surface area contributed by atoms with Crippen LogP contribution in [0.3, 0.4) is 0 Å². The molecule has 0 spiro atoms. The molecule has 2 amide bonds. The topological polar surface area (TPSA) is 105 Å². The van der Waals surface area contributed by atoms with E-state index in [1.54, 1.807) is 0 Å². The Morgan fingerprint density at radius 3 is 1.85 bits per heavy atom. The number of carboxylic acids is 1. The summed E-state index contributed by atoms with van der Waals surface area (Å²) in [4.78, 5) is 37.3. The van der Waals surface area contributed by atoms with Gasteiger partial charge in [-0.15, -0.1) is 0 Å². The van der Waals surface area contributed by atoms with Gasteiger partial charge in [-0.2, -0.15) is 0 Å². The maximum absolute atomic E-state index is 13.1. The van der Waals surface area contributed by atoms with E-state index in [-0.39, 0.29) is 19.4 Å². The van der Waals surface area contributed by atoms with E-state index in [2.05, 4.69) is 10.6 Å². The molecular formula is C27H28N2O5. The fraction of sp³-hybridized carbons (Fsp3) is 0.222. The Morgan fingerprint density at radius 1 is 0.735 bits per heavy atom. The number of alkyl carbamates (subject to hydrolysis) is 1. The first kappa shape index (κ1) is 24.5. The lowest BCUT2D eigenvalue weighted by Crippen LogP contribution is -2.53. The van der Waals surface area contributed by atoms with Crippen LogP contribution in [0.4, 0.5) is 4.79 Å². The van der Waals surface area contributed by atoms with E-state index >= 15 is 0 Å². The van der Waals surface area contributed by atoms with Gasteiger partial charge < -0.3 is 20.5 Å². The second-order valence-corrected chi connectivity index (χ2v) is 8.04. The first-order valence-corrected chi connectivity index (χ1v) is 11.0. The summed E-state index contributed by atoms with van der Waals surface area (Å²) in [6.07, 6.45) is -0.452. The van der Waals surface area contributed by atoms with Crippen LogP contribution in [-0.2, 0) is 33.8 Å². The molecule has 176 valence electrons. The van der Waals surface area contributed by atoms with Crippen LogP contribution in [0, 0.1) is 6.92 Å². The number of ether oxygens (including phenoxy) is 1. The highest BCUT2D eigenvalue weighted by Crippen LogP contribution is 2.09. The predicted octanol–water partition coefficient (Wildman–Crippen LogP) is 3.64. The maximum atomic E-state index is 13.1. The molecule has 3 aromatic carbocycles. The third-order valence-electron chi connectivity index (χ3n) is 5.28. The third kappa shape index (κ3) is 7.78. The third-order valence-corrected chi connectivity index (χ3v) is 5.28. The van der Waals surface area contributed by atoms with Crippen LogP contribution < -0.4 is 10.6 Å². The van der Waals surface area contributed by atoms with E-state index in [1.807, 2.05) is 91.9 Å². The van der Waals surface area contributed by atoms with Crippen LogP contribution >= 0.6 is 0 Å². The SMILES string of the molecule is Cc1ccc(C[C@@H](NC(=O)[C@H](Cc2ccccc2)NC(=O)OCc2ccccc2)C(=O)O)cc1. The van der Waals surface area contributed by atoms with Gasteiger partial charge >= 0.3 is 12.1 Å². The largest absolute Gasteiger partial charge is 0.480 e. The van der Waals surface area contributed by atoms with Gasteiger partial charge in [-0.25, -0.2) is 9.59 Å². The van der Waals surface area contributed by atoms with Gasteiger partial charge in [0.15, 0.2) is 0 Å². The molecule has 0 aliphatic heterocycles. The number of hydrogen-bond acceptors (Lipinski definition) is 4. The number of aryl methyl sites for hydroxylation is 1. The van der Waals surface area contributed by atoms with Gasteiger partial charge in [-0.3, -0.25) is 4.79 Å². The van der Waals surface area contributed by atoms with Crippen LogP contribution in [-0.4, -0.2) is 35.2 Å². The summed E-state index contributed by atoms with van der Waals surface area (Å²) in [5.41, 5.74) is 3.47. The van der Waals surface area contributed by atoms with Crippen LogP contribution in [0.25, 0.3) is 0 Å². The molecule has 3 N–H and O–H groups in total. The van der Waals surface area contributed by atoms with E-state index in [0.717, 1.165) is 22.3 Å². The van der Waals surface area contributed by atoms with Crippen molar-refractivity contribution in [3.8, 4) is 0 Å². The molecule has 34 heavy (non-hydrogen) atoms. The quantitative estimate of drug-likeness (QED) is 0.428. The lowest BCUT2D eigenvalue weighted by Gasteiger charge is -2.21. The molecule has 7 nitrogen and oxygen atoms in total. The molecule has 0 bridgehead atoms. The molecule has 0 saturated carbocycles. The van der Waals surface area contributed by atoms with Crippen LogP contribution in [0.5, 0.6) is 0 Å². The second-order valence-electron chi connectivity index (χ2n) is 8.04.